The van der Waals surface area contributed by atoms with Gasteiger partial charge in [0.05, 0.1) is 5.56 Å². The quantitative estimate of drug-likeness (QED) is 0.809. The summed E-state index contributed by atoms with van der Waals surface area (Å²) in [7, 11) is 0. The lowest BCUT2D eigenvalue weighted by molar-refractivity contribution is 0.0863. The van der Waals surface area contributed by atoms with Crippen LogP contribution in [0.1, 0.15) is 29.6 Å². The molecule has 1 aromatic carbocycles. The summed E-state index contributed by atoms with van der Waals surface area (Å²) in [5.41, 5.74) is 1.68. The Morgan fingerprint density at radius 3 is 2.95 bits per heavy atom. The molecular formula is C17H20N2O2. The van der Waals surface area contributed by atoms with Gasteiger partial charge in [-0.15, -0.1) is 0 Å². The van der Waals surface area contributed by atoms with E-state index in [0.717, 1.165) is 17.3 Å². The first kappa shape index (κ1) is 12.9. The van der Waals surface area contributed by atoms with E-state index in [1.54, 1.807) is 6.20 Å². The molecule has 2 aromatic rings. The first-order valence-electron chi connectivity index (χ1n) is 7.75. The van der Waals surface area contributed by atoms with Gasteiger partial charge >= 0.3 is 0 Å². The lowest BCUT2D eigenvalue weighted by Crippen LogP contribution is -2.45. The van der Waals surface area contributed by atoms with Crippen LogP contribution in [0.2, 0.25) is 0 Å². The minimum atomic E-state index is -0.0246. The monoisotopic (exact) mass is 284 g/mol. The van der Waals surface area contributed by atoms with Crippen LogP contribution in [0.3, 0.4) is 0 Å². The number of aliphatic hydroxyl groups is 1. The highest BCUT2D eigenvalue weighted by molar-refractivity contribution is 6.06. The zero-order valence-corrected chi connectivity index (χ0v) is 11.9. The highest BCUT2D eigenvalue weighted by Crippen LogP contribution is 2.48. The van der Waals surface area contributed by atoms with Gasteiger partial charge in [0.1, 0.15) is 0 Å². The van der Waals surface area contributed by atoms with Crippen molar-refractivity contribution in [2.45, 2.75) is 25.3 Å². The fourth-order valence-corrected chi connectivity index (χ4v) is 4.39. The van der Waals surface area contributed by atoms with E-state index in [0.29, 0.717) is 17.4 Å². The Morgan fingerprint density at radius 2 is 2.10 bits per heavy atom. The van der Waals surface area contributed by atoms with E-state index in [9.17, 15) is 9.90 Å². The van der Waals surface area contributed by atoms with Crippen molar-refractivity contribution in [3.05, 3.63) is 36.0 Å². The first-order valence-corrected chi connectivity index (χ1v) is 7.75. The Kier molecular flexibility index (Phi) is 3.00. The maximum absolute atomic E-state index is 12.6. The van der Waals surface area contributed by atoms with Crippen LogP contribution < -0.4 is 5.32 Å². The average Bonchev–Trinajstić information content (AvgIpc) is 3.20. The van der Waals surface area contributed by atoms with E-state index >= 15 is 0 Å². The van der Waals surface area contributed by atoms with Gasteiger partial charge in [-0.1, -0.05) is 18.2 Å². The Hall–Kier alpha value is -1.81. The van der Waals surface area contributed by atoms with Gasteiger partial charge < -0.3 is 15.4 Å². The second-order valence-electron chi connectivity index (χ2n) is 6.43. The molecule has 1 amide bonds. The summed E-state index contributed by atoms with van der Waals surface area (Å²) in [5, 5.41) is 13.8. The number of nitrogens with one attached hydrogen (secondary N) is 2. The third-order valence-corrected chi connectivity index (χ3v) is 5.43. The molecule has 4 nitrogen and oxygen atoms in total. The van der Waals surface area contributed by atoms with Crippen LogP contribution in [-0.4, -0.2) is 28.6 Å². The van der Waals surface area contributed by atoms with Crippen LogP contribution in [0.4, 0.5) is 0 Å². The molecule has 2 aliphatic carbocycles. The van der Waals surface area contributed by atoms with Gasteiger partial charge in [-0.05, 0) is 37.2 Å². The topological polar surface area (TPSA) is 65.1 Å². The molecule has 1 aromatic heterocycles. The molecule has 0 aliphatic heterocycles. The molecule has 2 saturated carbocycles. The van der Waals surface area contributed by atoms with Crippen LogP contribution in [0, 0.1) is 17.8 Å². The number of rotatable bonds is 3. The maximum Gasteiger partial charge on any atom is 0.253 e. The molecule has 0 spiro atoms. The number of hydrogen-bond acceptors (Lipinski definition) is 2. The summed E-state index contributed by atoms with van der Waals surface area (Å²) in [6, 6.07) is 7.97. The van der Waals surface area contributed by atoms with Crippen molar-refractivity contribution < 1.29 is 9.90 Å². The highest BCUT2D eigenvalue weighted by Gasteiger charge is 2.47. The lowest BCUT2D eigenvalue weighted by Gasteiger charge is -2.30. The number of para-hydroxylation sites is 1. The van der Waals surface area contributed by atoms with Crippen molar-refractivity contribution in [2.75, 3.05) is 6.61 Å². The van der Waals surface area contributed by atoms with Crippen molar-refractivity contribution in [1.82, 2.24) is 10.3 Å². The molecule has 2 bridgehead atoms. The number of aromatic amines is 1. The van der Waals surface area contributed by atoms with Crippen molar-refractivity contribution in [3.8, 4) is 0 Å². The van der Waals surface area contributed by atoms with Crippen LogP contribution >= 0.6 is 0 Å². The minimum absolute atomic E-state index is 0.0246. The number of fused-ring (bicyclic) bond motifs is 3. The zero-order chi connectivity index (χ0) is 14.4. The molecule has 3 N–H and O–H groups in total. The van der Waals surface area contributed by atoms with Crippen molar-refractivity contribution in [1.29, 1.82) is 0 Å². The molecular weight excluding hydrogens is 264 g/mol. The molecule has 4 heteroatoms. The smallest absolute Gasteiger partial charge is 0.253 e. The number of carbonyl (C=O) groups excluding carboxylic acids is 1. The lowest BCUT2D eigenvalue weighted by atomic mass is 9.85. The van der Waals surface area contributed by atoms with E-state index in [2.05, 4.69) is 10.3 Å². The number of aromatic nitrogens is 1. The molecule has 4 rings (SSSR count). The number of H-pyrrole nitrogens is 1. The van der Waals surface area contributed by atoms with Gasteiger partial charge in [0, 0.05) is 35.7 Å². The van der Waals surface area contributed by atoms with Crippen molar-refractivity contribution in [2.24, 2.45) is 17.8 Å². The first-order chi connectivity index (χ1) is 10.3. The van der Waals surface area contributed by atoms with Crippen LogP contribution in [-0.2, 0) is 0 Å². The average molecular weight is 284 g/mol. The van der Waals surface area contributed by atoms with Gasteiger partial charge in [0.15, 0.2) is 0 Å². The predicted octanol–water partition coefficient (Wildman–Crippen LogP) is 2.30. The third kappa shape index (κ3) is 1.97. The number of carbonyl (C=O) groups is 1. The fourth-order valence-electron chi connectivity index (χ4n) is 4.39. The van der Waals surface area contributed by atoms with E-state index in [1.165, 1.54) is 12.8 Å². The zero-order valence-electron chi connectivity index (χ0n) is 11.9. The predicted molar refractivity (Wildman–Crippen MR) is 81.0 cm³/mol. The summed E-state index contributed by atoms with van der Waals surface area (Å²) in [4.78, 5) is 15.7. The number of amides is 1. The Bertz CT molecular complexity index is 678. The normalized spacial score (nSPS) is 30.9. The van der Waals surface area contributed by atoms with Gasteiger partial charge in [0.25, 0.3) is 5.91 Å². The molecule has 0 saturated heterocycles. The highest BCUT2D eigenvalue weighted by atomic mass is 16.3. The van der Waals surface area contributed by atoms with Crippen LogP contribution in [0.25, 0.3) is 10.9 Å². The van der Waals surface area contributed by atoms with Crippen LogP contribution in [0.5, 0.6) is 0 Å². The number of aliphatic hydroxyl groups excluding tert-OH is 1. The Labute approximate surface area is 123 Å². The van der Waals surface area contributed by atoms with Gasteiger partial charge in [-0.25, -0.2) is 0 Å². The van der Waals surface area contributed by atoms with Crippen molar-refractivity contribution in [3.63, 3.8) is 0 Å². The summed E-state index contributed by atoms with van der Waals surface area (Å²) in [5.74, 6) is 1.34. The van der Waals surface area contributed by atoms with E-state index in [1.807, 2.05) is 24.3 Å². The summed E-state index contributed by atoms with van der Waals surface area (Å²) in [6.45, 7) is 0.181. The molecule has 2 fully saturated rings. The summed E-state index contributed by atoms with van der Waals surface area (Å²) in [6.07, 6.45) is 5.32. The number of benzene rings is 1. The molecule has 0 radical (unpaired) electrons. The van der Waals surface area contributed by atoms with E-state index < -0.39 is 0 Å². The van der Waals surface area contributed by atoms with E-state index in [4.69, 9.17) is 0 Å². The SMILES string of the molecule is O=C(N[C@H]1[C@H]2CC[C@@H](C2)[C@H]1CO)c1c[nH]c2ccccc12. The van der Waals surface area contributed by atoms with Gasteiger partial charge in [-0.3, -0.25) is 4.79 Å². The molecule has 110 valence electrons. The Balaban J connectivity index is 1.58. The molecule has 1 heterocycles. The molecule has 4 atom stereocenters. The number of hydrogen-bond donors (Lipinski definition) is 3. The fraction of sp³-hybridized carbons (Fsp3) is 0.471. The maximum atomic E-state index is 12.6. The third-order valence-electron chi connectivity index (χ3n) is 5.43. The Morgan fingerprint density at radius 1 is 1.29 bits per heavy atom. The second-order valence-corrected chi connectivity index (χ2v) is 6.43. The standard InChI is InChI=1S/C17H20N2O2/c20-9-14-10-5-6-11(7-10)16(14)19-17(21)13-8-18-15-4-2-1-3-12(13)15/h1-4,8,10-11,14,16,18,20H,5-7,9H2,(H,19,21)/t10-,11-,14+,16-/m0/s1. The molecule has 2 aliphatic rings. The summed E-state index contributed by atoms with van der Waals surface area (Å²) >= 11 is 0. The van der Waals surface area contributed by atoms with Crippen LogP contribution in [0.15, 0.2) is 30.5 Å². The largest absolute Gasteiger partial charge is 0.396 e. The van der Waals surface area contributed by atoms with Gasteiger partial charge in [-0.2, -0.15) is 0 Å². The molecule has 0 unspecified atom stereocenters. The minimum Gasteiger partial charge on any atom is -0.396 e. The molecule has 21 heavy (non-hydrogen) atoms. The van der Waals surface area contributed by atoms with Crippen molar-refractivity contribution >= 4 is 16.8 Å². The van der Waals surface area contributed by atoms with E-state index in [-0.39, 0.29) is 24.5 Å². The second kappa shape index (κ2) is 4.88. The summed E-state index contributed by atoms with van der Waals surface area (Å²) < 4.78 is 0. The van der Waals surface area contributed by atoms with Gasteiger partial charge in [0.2, 0.25) is 0 Å².